The lowest BCUT2D eigenvalue weighted by molar-refractivity contribution is 0.0890. The molecule has 0 bridgehead atoms. The number of rotatable bonds is 3. The molecular weight excluding hydrogens is 352 g/mol. The van der Waals surface area contributed by atoms with E-state index in [0.717, 1.165) is 25.7 Å². The predicted molar refractivity (Wildman–Crippen MR) is 109 cm³/mol. The molecule has 4 rings (SSSR count). The van der Waals surface area contributed by atoms with Crippen molar-refractivity contribution in [3.63, 3.8) is 0 Å². The van der Waals surface area contributed by atoms with Gasteiger partial charge in [-0.3, -0.25) is 9.59 Å². The topological polar surface area (TPSA) is 74.9 Å². The molecule has 0 amide bonds. The number of hydrogen-bond donors (Lipinski definition) is 0. The zero-order valence-corrected chi connectivity index (χ0v) is 16.3. The van der Waals surface area contributed by atoms with Crippen molar-refractivity contribution in [3.8, 4) is 0 Å². The highest BCUT2D eigenvalue weighted by Crippen LogP contribution is 2.42. The number of aryl methyl sites for hydroxylation is 1. The largest absolute Gasteiger partial charge is 0.492 e. The highest BCUT2D eigenvalue weighted by molar-refractivity contribution is 6.26. The Bertz CT molecular complexity index is 916. The van der Waals surface area contributed by atoms with E-state index in [1.807, 2.05) is 6.07 Å². The van der Waals surface area contributed by atoms with Crippen LogP contribution < -0.4 is 0 Å². The Morgan fingerprint density at radius 3 is 1.89 bits per heavy atom. The molecule has 2 aromatic carbocycles. The molecule has 0 saturated heterocycles. The molecule has 28 heavy (non-hydrogen) atoms. The second kappa shape index (κ2) is 8.11. The van der Waals surface area contributed by atoms with Crippen molar-refractivity contribution in [2.45, 2.75) is 38.5 Å². The SMILES string of the molecule is COC1=C(C2CCC(c3ccc(C)cc3)CC2)C(=O)c2ccccc2C1=O.O. The first-order valence-corrected chi connectivity index (χ1v) is 9.63. The molecule has 2 N–H and O–H groups in total. The number of allylic oxidation sites excluding steroid dienone is 2. The molecule has 0 aliphatic heterocycles. The van der Waals surface area contributed by atoms with Crippen molar-refractivity contribution >= 4 is 11.6 Å². The lowest BCUT2D eigenvalue weighted by atomic mass is 9.72. The van der Waals surface area contributed by atoms with Crippen LogP contribution in [0.4, 0.5) is 0 Å². The number of hydrogen-bond acceptors (Lipinski definition) is 3. The first kappa shape index (κ1) is 20.0. The number of ether oxygens (including phenoxy) is 1. The van der Waals surface area contributed by atoms with Crippen molar-refractivity contribution in [1.82, 2.24) is 0 Å². The van der Waals surface area contributed by atoms with Gasteiger partial charge in [0.25, 0.3) is 0 Å². The van der Waals surface area contributed by atoms with E-state index in [1.165, 1.54) is 18.2 Å². The number of fused-ring (bicyclic) bond motifs is 1. The third-order valence-electron chi connectivity index (χ3n) is 6.00. The summed E-state index contributed by atoms with van der Waals surface area (Å²) >= 11 is 0. The standard InChI is InChI=1S/C24H24O3.H2O/c1-15-7-9-16(10-8-15)17-11-13-18(14-12-17)21-22(25)19-5-3-4-6-20(19)23(26)24(21)27-2;/h3-10,17-18H,11-14H2,1-2H3;1H2. The fourth-order valence-corrected chi connectivity index (χ4v) is 4.50. The maximum absolute atomic E-state index is 13.1. The van der Waals surface area contributed by atoms with Gasteiger partial charge < -0.3 is 10.2 Å². The van der Waals surface area contributed by atoms with Gasteiger partial charge in [-0.1, -0.05) is 54.1 Å². The third kappa shape index (κ3) is 3.40. The van der Waals surface area contributed by atoms with Gasteiger partial charge >= 0.3 is 0 Å². The number of ketones is 2. The van der Waals surface area contributed by atoms with Crippen LogP contribution in [0.25, 0.3) is 0 Å². The van der Waals surface area contributed by atoms with E-state index in [9.17, 15) is 9.59 Å². The van der Waals surface area contributed by atoms with Gasteiger partial charge in [0.15, 0.2) is 11.5 Å². The Balaban J connectivity index is 0.00000225. The van der Waals surface area contributed by atoms with Gasteiger partial charge in [0.1, 0.15) is 0 Å². The molecule has 1 saturated carbocycles. The molecular formula is C24H26O4. The normalized spacial score (nSPS) is 21.8. The molecule has 0 aromatic heterocycles. The van der Waals surface area contributed by atoms with Gasteiger partial charge in [-0.05, 0) is 50.0 Å². The molecule has 0 spiro atoms. The summed E-state index contributed by atoms with van der Waals surface area (Å²) in [7, 11) is 1.49. The van der Waals surface area contributed by atoms with Crippen molar-refractivity contribution in [2.24, 2.45) is 5.92 Å². The van der Waals surface area contributed by atoms with E-state index in [2.05, 4.69) is 31.2 Å². The Kier molecular flexibility index (Phi) is 5.80. The summed E-state index contributed by atoms with van der Waals surface area (Å²) in [6.07, 6.45) is 3.86. The van der Waals surface area contributed by atoms with Crippen LogP contribution in [-0.4, -0.2) is 24.2 Å². The maximum Gasteiger partial charge on any atom is 0.228 e. The fourth-order valence-electron chi connectivity index (χ4n) is 4.50. The van der Waals surface area contributed by atoms with Crippen molar-refractivity contribution in [2.75, 3.05) is 7.11 Å². The van der Waals surface area contributed by atoms with Crippen LogP contribution >= 0.6 is 0 Å². The Morgan fingerprint density at radius 2 is 1.32 bits per heavy atom. The summed E-state index contributed by atoms with van der Waals surface area (Å²) in [5.74, 6) is 0.656. The highest BCUT2D eigenvalue weighted by atomic mass is 16.5. The number of methoxy groups -OCH3 is 1. The summed E-state index contributed by atoms with van der Waals surface area (Å²) in [6, 6.07) is 15.8. The molecule has 0 unspecified atom stereocenters. The second-order valence-corrected chi connectivity index (χ2v) is 7.61. The van der Waals surface area contributed by atoms with E-state index in [-0.39, 0.29) is 28.7 Å². The monoisotopic (exact) mass is 378 g/mol. The van der Waals surface area contributed by atoms with Crippen molar-refractivity contribution in [3.05, 3.63) is 82.1 Å². The molecule has 0 atom stereocenters. The van der Waals surface area contributed by atoms with Gasteiger partial charge in [0.05, 0.1) is 7.11 Å². The zero-order chi connectivity index (χ0) is 19.0. The lowest BCUT2D eigenvalue weighted by Gasteiger charge is -2.32. The quantitative estimate of drug-likeness (QED) is 0.793. The molecule has 0 heterocycles. The number of carbonyl (C=O) groups excluding carboxylic acids is 2. The van der Waals surface area contributed by atoms with Gasteiger partial charge in [0, 0.05) is 16.7 Å². The van der Waals surface area contributed by atoms with E-state index in [4.69, 9.17) is 4.74 Å². The summed E-state index contributed by atoms with van der Waals surface area (Å²) in [5.41, 5.74) is 4.20. The molecule has 2 aliphatic carbocycles. The van der Waals surface area contributed by atoms with E-state index >= 15 is 0 Å². The molecule has 4 nitrogen and oxygen atoms in total. The molecule has 146 valence electrons. The second-order valence-electron chi connectivity index (χ2n) is 7.61. The van der Waals surface area contributed by atoms with Crippen LogP contribution in [0.5, 0.6) is 0 Å². The average Bonchev–Trinajstić information content (AvgIpc) is 2.71. The summed E-state index contributed by atoms with van der Waals surface area (Å²) < 4.78 is 5.43. The number of benzene rings is 2. The summed E-state index contributed by atoms with van der Waals surface area (Å²) in [5, 5.41) is 0. The van der Waals surface area contributed by atoms with Crippen LogP contribution in [0.2, 0.25) is 0 Å². The molecule has 4 heteroatoms. The smallest absolute Gasteiger partial charge is 0.228 e. The van der Waals surface area contributed by atoms with Crippen LogP contribution in [0, 0.1) is 12.8 Å². The lowest BCUT2D eigenvalue weighted by Crippen LogP contribution is -2.29. The van der Waals surface area contributed by atoms with Crippen LogP contribution in [-0.2, 0) is 4.74 Å². The number of carbonyl (C=O) groups is 2. The minimum atomic E-state index is -0.164. The van der Waals surface area contributed by atoms with Crippen molar-refractivity contribution in [1.29, 1.82) is 0 Å². The van der Waals surface area contributed by atoms with Gasteiger partial charge in [-0.15, -0.1) is 0 Å². The van der Waals surface area contributed by atoms with E-state index in [0.29, 0.717) is 22.6 Å². The molecule has 2 aliphatic rings. The Labute approximate surface area is 165 Å². The zero-order valence-electron chi connectivity index (χ0n) is 16.3. The first-order valence-electron chi connectivity index (χ1n) is 9.63. The minimum absolute atomic E-state index is 0. The van der Waals surface area contributed by atoms with E-state index < -0.39 is 0 Å². The van der Waals surface area contributed by atoms with Gasteiger partial charge in [0.2, 0.25) is 5.78 Å². The van der Waals surface area contributed by atoms with Gasteiger partial charge in [-0.2, -0.15) is 0 Å². The number of Topliss-reactive ketones (excluding diaryl/α,β-unsaturated/α-hetero) is 2. The Hall–Kier alpha value is -2.72. The summed E-state index contributed by atoms with van der Waals surface area (Å²) in [6.45, 7) is 2.10. The molecule has 2 aromatic rings. The summed E-state index contributed by atoms with van der Waals surface area (Å²) in [4.78, 5) is 26.0. The molecule has 0 radical (unpaired) electrons. The van der Waals surface area contributed by atoms with Crippen LogP contribution in [0.3, 0.4) is 0 Å². The average molecular weight is 378 g/mol. The van der Waals surface area contributed by atoms with Crippen LogP contribution in [0.15, 0.2) is 59.9 Å². The van der Waals surface area contributed by atoms with E-state index in [1.54, 1.807) is 18.2 Å². The highest BCUT2D eigenvalue weighted by Gasteiger charge is 2.38. The van der Waals surface area contributed by atoms with Crippen molar-refractivity contribution < 1.29 is 19.8 Å². The van der Waals surface area contributed by atoms with Crippen LogP contribution in [0.1, 0.15) is 63.4 Å². The molecule has 1 fully saturated rings. The Morgan fingerprint density at radius 1 is 0.786 bits per heavy atom. The maximum atomic E-state index is 13.1. The predicted octanol–water partition coefficient (Wildman–Crippen LogP) is 4.42. The fraction of sp³-hybridized carbons (Fsp3) is 0.333. The minimum Gasteiger partial charge on any atom is -0.492 e. The first-order chi connectivity index (χ1) is 13.1. The van der Waals surface area contributed by atoms with Gasteiger partial charge in [-0.25, -0.2) is 0 Å². The third-order valence-corrected chi connectivity index (χ3v) is 6.00.